The van der Waals surface area contributed by atoms with Gasteiger partial charge in [0.05, 0.1) is 9.83 Å². The Morgan fingerprint density at radius 2 is 1.95 bits per heavy atom. The Hall–Kier alpha value is -0.750. The second-order valence-corrected chi connectivity index (χ2v) is 7.80. The van der Waals surface area contributed by atoms with Crippen LogP contribution in [-0.2, 0) is 0 Å². The van der Waals surface area contributed by atoms with Crippen molar-refractivity contribution in [3.05, 3.63) is 55.8 Å². The summed E-state index contributed by atoms with van der Waals surface area (Å²) in [6, 6.07) is 11.4. The molecule has 0 bridgehead atoms. The third-order valence-corrected chi connectivity index (χ3v) is 5.80. The molecule has 0 radical (unpaired) electrons. The van der Waals surface area contributed by atoms with E-state index in [2.05, 4.69) is 39.4 Å². The molecule has 0 fully saturated rings. The SMILES string of the molecule is CNC(c1ccc(Br)s1)c1cc2ccc(F)cc2s1. The summed E-state index contributed by atoms with van der Waals surface area (Å²) in [6.07, 6.45) is 0. The lowest BCUT2D eigenvalue weighted by atomic mass is 10.2. The predicted octanol–water partition coefficient (Wildman–Crippen LogP) is 5.17. The fourth-order valence-electron chi connectivity index (χ4n) is 2.08. The first-order valence-electron chi connectivity index (χ1n) is 5.79. The van der Waals surface area contributed by atoms with Crippen molar-refractivity contribution in [3.63, 3.8) is 0 Å². The molecule has 1 atom stereocenters. The zero-order valence-electron chi connectivity index (χ0n) is 10.1. The molecule has 1 aromatic carbocycles. The Morgan fingerprint density at radius 1 is 1.11 bits per heavy atom. The van der Waals surface area contributed by atoms with Crippen LogP contribution in [0.3, 0.4) is 0 Å². The molecule has 0 amide bonds. The lowest BCUT2D eigenvalue weighted by molar-refractivity contribution is 0.630. The van der Waals surface area contributed by atoms with E-state index in [0.29, 0.717) is 0 Å². The fraction of sp³-hybridized carbons (Fsp3) is 0.143. The van der Waals surface area contributed by atoms with Gasteiger partial charge in [-0.25, -0.2) is 4.39 Å². The van der Waals surface area contributed by atoms with Crippen molar-refractivity contribution in [1.82, 2.24) is 5.32 Å². The largest absolute Gasteiger partial charge is 0.308 e. The summed E-state index contributed by atoms with van der Waals surface area (Å²) in [5.41, 5.74) is 0. The lowest BCUT2D eigenvalue weighted by Gasteiger charge is -2.11. The van der Waals surface area contributed by atoms with E-state index < -0.39 is 0 Å². The highest BCUT2D eigenvalue weighted by Crippen LogP contribution is 2.36. The van der Waals surface area contributed by atoms with Gasteiger partial charge in [-0.1, -0.05) is 6.07 Å². The van der Waals surface area contributed by atoms with E-state index >= 15 is 0 Å². The summed E-state index contributed by atoms with van der Waals surface area (Å²) in [5.74, 6) is -0.180. The summed E-state index contributed by atoms with van der Waals surface area (Å²) in [7, 11) is 1.95. The van der Waals surface area contributed by atoms with E-state index in [9.17, 15) is 4.39 Å². The minimum absolute atomic E-state index is 0.164. The number of halogens is 2. The van der Waals surface area contributed by atoms with E-state index in [4.69, 9.17) is 0 Å². The minimum Gasteiger partial charge on any atom is -0.308 e. The first-order valence-corrected chi connectivity index (χ1v) is 8.21. The van der Waals surface area contributed by atoms with Crippen molar-refractivity contribution in [2.24, 2.45) is 0 Å². The van der Waals surface area contributed by atoms with Crippen molar-refractivity contribution in [2.75, 3.05) is 7.05 Å². The highest BCUT2D eigenvalue weighted by molar-refractivity contribution is 9.11. The van der Waals surface area contributed by atoms with E-state index in [1.807, 2.05) is 13.1 Å². The molecule has 1 unspecified atom stereocenters. The molecule has 2 heterocycles. The molecule has 0 saturated heterocycles. The average molecular weight is 356 g/mol. The maximum atomic E-state index is 13.2. The second kappa shape index (κ2) is 5.32. The molecular formula is C14H11BrFNS2. The minimum atomic E-state index is -0.180. The molecule has 1 N–H and O–H groups in total. The quantitative estimate of drug-likeness (QED) is 0.682. The highest BCUT2D eigenvalue weighted by atomic mass is 79.9. The van der Waals surface area contributed by atoms with Crippen LogP contribution in [0.25, 0.3) is 10.1 Å². The molecule has 19 heavy (non-hydrogen) atoms. The molecule has 2 aromatic heterocycles. The normalized spacial score (nSPS) is 13.0. The molecule has 1 nitrogen and oxygen atoms in total. The zero-order chi connectivity index (χ0) is 13.4. The number of nitrogens with one attached hydrogen (secondary N) is 1. The monoisotopic (exact) mass is 355 g/mol. The van der Waals surface area contributed by atoms with Crippen molar-refractivity contribution >= 4 is 48.7 Å². The topological polar surface area (TPSA) is 12.0 Å². The van der Waals surface area contributed by atoms with Gasteiger partial charge in [-0.3, -0.25) is 0 Å². The molecule has 0 aliphatic rings. The summed E-state index contributed by atoms with van der Waals surface area (Å²) < 4.78 is 15.4. The molecule has 3 aromatic rings. The number of fused-ring (bicyclic) bond motifs is 1. The van der Waals surface area contributed by atoms with Crippen LogP contribution in [0.1, 0.15) is 15.8 Å². The van der Waals surface area contributed by atoms with Gasteiger partial charge in [0.15, 0.2) is 0 Å². The predicted molar refractivity (Wildman–Crippen MR) is 84.7 cm³/mol. The average Bonchev–Trinajstić information content (AvgIpc) is 2.96. The van der Waals surface area contributed by atoms with Gasteiger partial charge in [0.2, 0.25) is 0 Å². The van der Waals surface area contributed by atoms with Crippen LogP contribution in [-0.4, -0.2) is 7.05 Å². The zero-order valence-corrected chi connectivity index (χ0v) is 13.3. The van der Waals surface area contributed by atoms with Crippen LogP contribution in [0.5, 0.6) is 0 Å². The van der Waals surface area contributed by atoms with Crippen LogP contribution in [0.2, 0.25) is 0 Å². The summed E-state index contributed by atoms with van der Waals surface area (Å²) in [5, 5.41) is 4.42. The first-order chi connectivity index (χ1) is 9.17. The van der Waals surface area contributed by atoms with E-state index in [0.717, 1.165) is 13.9 Å². The molecule has 98 valence electrons. The smallest absolute Gasteiger partial charge is 0.124 e. The van der Waals surface area contributed by atoms with Crippen molar-refractivity contribution in [1.29, 1.82) is 0 Å². The van der Waals surface area contributed by atoms with Gasteiger partial charge in [-0.05, 0) is 58.7 Å². The molecule has 0 aliphatic carbocycles. The van der Waals surface area contributed by atoms with Crippen molar-refractivity contribution in [3.8, 4) is 0 Å². The second-order valence-electron chi connectivity index (χ2n) is 4.19. The highest BCUT2D eigenvalue weighted by Gasteiger charge is 2.17. The number of hydrogen-bond donors (Lipinski definition) is 1. The summed E-state index contributed by atoms with van der Waals surface area (Å²) in [4.78, 5) is 2.46. The molecule has 0 aliphatic heterocycles. The third-order valence-electron chi connectivity index (χ3n) is 2.95. The number of thiophene rings is 2. The Balaban J connectivity index is 2.06. The Morgan fingerprint density at radius 3 is 2.63 bits per heavy atom. The number of rotatable bonds is 3. The summed E-state index contributed by atoms with van der Waals surface area (Å²) in [6.45, 7) is 0. The van der Waals surface area contributed by atoms with Crippen LogP contribution in [0.4, 0.5) is 4.39 Å². The number of hydrogen-bond acceptors (Lipinski definition) is 3. The van der Waals surface area contributed by atoms with Gasteiger partial charge in [-0.2, -0.15) is 0 Å². The van der Waals surface area contributed by atoms with Crippen LogP contribution >= 0.6 is 38.6 Å². The molecule has 5 heteroatoms. The fourth-order valence-corrected chi connectivity index (χ4v) is 4.92. The van der Waals surface area contributed by atoms with Crippen LogP contribution in [0, 0.1) is 5.82 Å². The molecule has 0 spiro atoms. The van der Waals surface area contributed by atoms with Crippen molar-refractivity contribution < 1.29 is 4.39 Å². The lowest BCUT2D eigenvalue weighted by Crippen LogP contribution is -2.14. The van der Waals surface area contributed by atoms with Crippen LogP contribution in [0.15, 0.2) is 40.2 Å². The van der Waals surface area contributed by atoms with Crippen molar-refractivity contribution in [2.45, 2.75) is 6.04 Å². The molecule has 0 saturated carbocycles. The first kappa shape index (κ1) is 13.2. The van der Waals surface area contributed by atoms with Gasteiger partial charge < -0.3 is 5.32 Å². The van der Waals surface area contributed by atoms with Gasteiger partial charge in [0.1, 0.15) is 5.82 Å². The Bertz CT molecular complexity index is 719. The van der Waals surface area contributed by atoms with Gasteiger partial charge in [0, 0.05) is 14.5 Å². The third kappa shape index (κ3) is 2.60. The Labute approximate surface area is 127 Å². The standard InChI is InChI=1S/C14H11BrFNS2/c1-17-14(10-4-5-13(15)19-10)12-6-8-2-3-9(16)7-11(8)18-12/h2-7,14,17H,1H3. The maximum absolute atomic E-state index is 13.2. The van der Waals surface area contributed by atoms with Crippen LogP contribution < -0.4 is 5.32 Å². The van der Waals surface area contributed by atoms with Gasteiger partial charge in [0.25, 0.3) is 0 Å². The van der Waals surface area contributed by atoms with Gasteiger partial charge >= 0.3 is 0 Å². The van der Waals surface area contributed by atoms with E-state index in [-0.39, 0.29) is 11.9 Å². The van der Waals surface area contributed by atoms with E-state index in [1.165, 1.54) is 15.8 Å². The van der Waals surface area contributed by atoms with E-state index in [1.54, 1.807) is 28.7 Å². The molecule has 3 rings (SSSR count). The Kier molecular flexibility index (Phi) is 3.71. The molecular weight excluding hydrogens is 345 g/mol. The van der Waals surface area contributed by atoms with Gasteiger partial charge in [-0.15, -0.1) is 22.7 Å². The summed E-state index contributed by atoms with van der Waals surface area (Å²) >= 11 is 6.84. The maximum Gasteiger partial charge on any atom is 0.124 e. The number of benzene rings is 1.